The molecule has 1 atom stereocenters. The molecular formula is C12H18N2O4S. The van der Waals surface area contributed by atoms with Gasteiger partial charge in [0.2, 0.25) is 0 Å². The number of aliphatic carboxylic acids is 1. The summed E-state index contributed by atoms with van der Waals surface area (Å²) < 4.78 is 5.03. The maximum atomic E-state index is 11.6. The van der Waals surface area contributed by atoms with Crippen molar-refractivity contribution in [1.82, 2.24) is 10.3 Å². The number of carbonyl (C=O) groups excluding carboxylic acids is 1. The zero-order chi connectivity index (χ0) is 14.6. The third-order valence-electron chi connectivity index (χ3n) is 2.07. The van der Waals surface area contributed by atoms with E-state index in [0.717, 1.165) is 5.01 Å². The summed E-state index contributed by atoms with van der Waals surface area (Å²) in [5.41, 5.74) is -0.0179. The van der Waals surface area contributed by atoms with E-state index in [9.17, 15) is 9.59 Å². The van der Waals surface area contributed by atoms with Gasteiger partial charge >= 0.3 is 12.1 Å². The molecule has 0 aromatic carbocycles. The van der Waals surface area contributed by atoms with Crippen molar-refractivity contribution in [3.8, 4) is 0 Å². The molecule has 1 aromatic rings. The number of amides is 1. The zero-order valence-corrected chi connectivity index (χ0v) is 12.2. The van der Waals surface area contributed by atoms with Crippen LogP contribution in [0.2, 0.25) is 0 Å². The summed E-state index contributed by atoms with van der Waals surface area (Å²) in [4.78, 5) is 26.8. The van der Waals surface area contributed by atoms with E-state index in [4.69, 9.17) is 9.84 Å². The maximum Gasteiger partial charge on any atom is 0.408 e. The van der Waals surface area contributed by atoms with Gasteiger partial charge in [0.15, 0.2) is 0 Å². The second-order valence-corrected chi connectivity index (χ2v) is 6.16. The standard InChI is InChI=1S/C12H18N2O4S/c1-7-13-8(6-19-7)5-9(10(15)16)14-11(17)18-12(2,3)4/h6,9H,5H2,1-4H3,(H,14,17)(H,15,16). The maximum absolute atomic E-state index is 11.6. The molecule has 0 aliphatic heterocycles. The van der Waals surface area contributed by atoms with Gasteiger partial charge in [0.1, 0.15) is 11.6 Å². The van der Waals surface area contributed by atoms with Gasteiger partial charge in [0, 0.05) is 11.8 Å². The fourth-order valence-electron chi connectivity index (χ4n) is 1.36. The number of carbonyl (C=O) groups is 2. The first-order valence-corrected chi connectivity index (χ1v) is 6.68. The Hall–Kier alpha value is -1.63. The molecule has 0 bridgehead atoms. The molecule has 0 radical (unpaired) electrons. The van der Waals surface area contributed by atoms with Gasteiger partial charge in [-0.1, -0.05) is 0 Å². The Morgan fingerprint density at radius 2 is 2.16 bits per heavy atom. The molecule has 106 valence electrons. The van der Waals surface area contributed by atoms with Crippen molar-refractivity contribution >= 4 is 23.4 Å². The number of alkyl carbamates (subject to hydrolysis) is 1. The Labute approximate surface area is 115 Å². The highest BCUT2D eigenvalue weighted by Crippen LogP contribution is 2.11. The first-order chi connectivity index (χ1) is 8.67. The lowest BCUT2D eigenvalue weighted by Gasteiger charge is -2.21. The lowest BCUT2D eigenvalue weighted by Crippen LogP contribution is -2.44. The molecule has 0 spiro atoms. The van der Waals surface area contributed by atoms with Gasteiger partial charge < -0.3 is 15.2 Å². The Bertz CT molecular complexity index is 465. The van der Waals surface area contributed by atoms with Crippen LogP contribution < -0.4 is 5.32 Å². The van der Waals surface area contributed by atoms with Crippen LogP contribution >= 0.6 is 11.3 Å². The largest absolute Gasteiger partial charge is 0.480 e. The monoisotopic (exact) mass is 286 g/mol. The quantitative estimate of drug-likeness (QED) is 0.883. The van der Waals surface area contributed by atoms with E-state index in [2.05, 4.69) is 10.3 Å². The summed E-state index contributed by atoms with van der Waals surface area (Å²) in [5, 5.41) is 14.1. The lowest BCUT2D eigenvalue weighted by molar-refractivity contribution is -0.139. The minimum Gasteiger partial charge on any atom is -0.480 e. The number of hydrogen-bond donors (Lipinski definition) is 2. The fourth-order valence-corrected chi connectivity index (χ4v) is 1.99. The van der Waals surface area contributed by atoms with Gasteiger partial charge in [-0.25, -0.2) is 14.6 Å². The molecular weight excluding hydrogens is 268 g/mol. The predicted octanol–water partition coefficient (Wildman–Crippen LogP) is 1.97. The van der Waals surface area contributed by atoms with E-state index < -0.39 is 23.7 Å². The average Bonchev–Trinajstić information content (AvgIpc) is 2.60. The van der Waals surface area contributed by atoms with Crippen molar-refractivity contribution in [2.24, 2.45) is 0 Å². The smallest absolute Gasteiger partial charge is 0.408 e. The molecule has 7 heteroatoms. The number of aryl methyl sites for hydroxylation is 1. The highest BCUT2D eigenvalue weighted by molar-refractivity contribution is 7.09. The third kappa shape index (κ3) is 5.69. The number of hydrogen-bond acceptors (Lipinski definition) is 5. The number of carboxylic acid groups (broad SMARTS) is 1. The van der Waals surface area contributed by atoms with Gasteiger partial charge in [0.05, 0.1) is 10.7 Å². The number of aromatic nitrogens is 1. The lowest BCUT2D eigenvalue weighted by atomic mass is 10.1. The van der Waals surface area contributed by atoms with E-state index in [-0.39, 0.29) is 6.42 Å². The van der Waals surface area contributed by atoms with Crippen molar-refractivity contribution in [2.45, 2.75) is 45.8 Å². The normalized spacial score (nSPS) is 12.8. The molecule has 1 amide bonds. The average molecular weight is 286 g/mol. The van der Waals surface area contributed by atoms with E-state index in [1.807, 2.05) is 6.92 Å². The van der Waals surface area contributed by atoms with Gasteiger partial charge in [0.25, 0.3) is 0 Å². The molecule has 1 unspecified atom stereocenters. The van der Waals surface area contributed by atoms with Gasteiger partial charge in [-0.2, -0.15) is 0 Å². The van der Waals surface area contributed by atoms with Crippen molar-refractivity contribution in [2.75, 3.05) is 0 Å². The molecule has 0 saturated heterocycles. The van der Waals surface area contributed by atoms with Crippen LogP contribution in [0.4, 0.5) is 4.79 Å². The van der Waals surface area contributed by atoms with E-state index in [1.165, 1.54) is 11.3 Å². The van der Waals surface area contributed by atoms with Crippen LogP contribution in [0.3, 0.4) is 0 Å². The Morgan fingerprint density at radius 1 is 1.53 bits per heavy atom. The van der Waals surface area contributed by atoms with Crippen molar-refractivity contribution in [3.05, 3.63) is 16.1 Å². The van der Waals surface area contributed by atoms with Crippen LogP contribution in [0.1, 0.15) is 31.5 Å². The summed E-state index contributed by atoms with van der Waals surface area (Å²) in [5.74, 6) is -1.11. The zero-order valence-electron chi connectivity index (χ0n) is 11.4. The molecule has 19 heavy (non-hydrogen) atoms. The van der Waals surface area contributed by atoms with Crippen LogP contribution in [0.25, 0.3) is 0 Å². The minimum atomic E-state index is -1.11. The SMILES string of the molecule is Cc1nc(CC(NC(=O)OC(C)(C)C)C(=O)O)cs1. The van der Waals surface area contributed by atoms with Crippen molar-refractivity contribution in [3.63, 3.8) is 0 Å². The first-order valence-electron chi connectivity index (χ1n) is 5.80. The van der Waals surface area contributed by atoms with E-state index in [0.29, 0.717) is 5.69 Å². The van der Waals surface area contributed by atoms with Gasteiger partial charge in [-0.15, -0.1) is 11.3 Å². The second kappa shape index (κ2) is 6.01. The molecule has 2 N–H and O–H groups in total. The molecule has 0 saturated carbocycles. The number of nitrogens with zero attached hydrogens (tertiary/aromatic N) is 1. The summed E-state index contributed by atoms with van der Waals surface area (Å²) in [6.45, 7) is 6.98. The molecule has 1 heterocycles. The van der Waals surface area contributed by atoms with Gasteiger partial charge in [-0.3, -0.25) is 0 Å². The molecule has 1 rings (SSSR count). The van der Waals surface area contributed by atoms with Gasteiger partial charge in [-0.05, 0) is 27.7 Å². The fraction of sp³-hybridized carbons (Fsp3) is 0.583. The minimum absolute atomic E-state index is 0.138. The Kier molecular flexibility index (Phi) is 4.88. The Morgan fingerprint density at radius 3 is 2.58 bits per heavy atom. The molecule has 0 aliphatic carbocycles. The van der Waals surface area contributed by atoms with Crippen LogP contribution in [-0.2, 0) is 16.0 Å². The Balaban J connectivity index is 2.63. The van der Waals surface area contributed by atoms with E-state index in [1.54, 1.807) is 26.2 Å². The molecule has 0 fully saturated rings. The topological polar surface area (TPSA) is 88.5 Å². The van der Waals surface area contributed by atoms with Crippen LogP contribution in [0, 0.1) is 6.92 Å². The first kappa shape index (κ1) is 15.4. The highest BCUT2D eigenvalue weighted by Gasteiger charge is 2.24. The number of nitrogens with one attached hydrogen (secondary N) is 1. The summed E-state index contributed by atoms with van der Waals surface area (Å²) >= 11 is 1.44. The molecule has 6 nitrogen and oxygen atoms in total. The summed E-state index contributed by atoms with van der Waals surface area (Å²) in [6, 6.07) is -1.05. The summed E-state index contributed by atoms with van der Waals surface area (Å²) in [6.07, 6.45) is -0.606. The number of carboxylic acids is 1. The van der Waals surface area contributed by atoms with Crippen LogP contribution in [-0.4, -0.2) is 33.8 Å². The second-order valence-electron chi connectivity index (χ2n) is 5.10. The highest BCUT2D eigenvalue weighted by atomic mass is 32.1. The number of rotatable bonds is 4. The molecule has 0 aliphatic rings. The number of thiazole rings is 1. The van der Waals surface area contributed by atoms with Crippen molar-refractivity contribution < 1.29 is 19.4 Å². The van der Waals surface area contributed by atoms with Crippen LogP contribution in [0.15, 0.2) is 5.38 Å². The van der Waals surface area contributed by atoms with E-state index >= 15 is 0 Å². The molecule has 1 aromatic heterocycles. The van der Waals surface area contributed by atoms with Crippen LogP contribution in [0.5, 0.6) is 0 Å². The summed E-state index contributed by atoms with van der Waals surface area (Å²) in [7, 11) is 0. The number of ether oxygens (including phenoxy) is 1. The van der Waals surface area contributed by atoms with Crippen molar-refractivity contribution in [1.29, 1.82) is 0 Å². The third-order valence-corrected chi connectivity index (χ3v) is 2.89. The predicted molar refractivity (Wildman–Crippen MR) is 71.3 cm³/mol.